The van der Waals surface area contributed by atoms with Crippen LogP contribution in [0.15, 0.2) is 54.6 Å². The van der Waals surface area contributed by atoms with E-state index in [2.05, 4.69) is 0 Å². The number of carbonyl (C=O) groups is 2. The van der Waals surface area contributed by atoms with E-state index in [0.717, 1.165) is 17.5 Å². The summed E-state index contributed by atoms with van der Waals surface area (Å²) >= 11 is 0. The molecule has 214 valence electrons. The maximum absolute atomic E-state index is 13.9. The summed E-state index contributed by atoms with van der Waals surface area (Å²) in [5.41, 5.74) is 1.02. The van der Waals surface area contributed by atoms with E-state index in [-0.39, 0.29) is 24.1 Å². The van der Waals surface area contributed by atoms with Gasteiger partial charge in [-0.05, 0) is 63.3 Å². The largest absolute Gasteiger partial charge is 0.469 e. The van der Waals surface area contributed by atoms with Gasteiger partial charge in [-0.25, -0.2) is 9.69 Å². The van der Waals surface area contributed by atoms with E-state index in [0.29, 0.717) is 38.3 Å². The summed E-state index contributed by atoms with van der Waals surface area (Å²) in [7, 11) is -3.24. The van der Waals surface area contributed by atoms with Crippen molar-refractivity contribution in [2.24, 2.45) is 5.41 Å². The fraction of sp³-hybridized carbons (Fsp3) is 0.533. The first kappa shape index (κ1) is 30.9. The number of rotatable bonds is 14. The predicted molar refractivity (Wildman–Crippen MR) is 153 cm³/mol. The quantitative estimate of drug-likeness (QED) is 0.177. The molecule has 0 bridgehead atoms. The van der Waals surface area contributed by atoms with Crippen molar-refractivity contribution in [3.8, 4) is 5.75 Å². The minimum atomic E-state index is -3.24. The van der Waals surface area contributed by atoms with Gasteiger partial charge < -0.3 is 18.7 Å². The number of hydrogen-bond acceptors (Lipinski definition) is 6. The molecule has 2 atom stereocenters. The number of carbonyl (C=O) groups excluding carboxylic acids is 2. The number of β-lactam (4-membered cyclic amide) rings is 1. The second-order valence-electron chi connectivity index (χ2n) is 9.82. The van der Waals surface area contributed by atoms with E-state index >= 15 is 0 Å². The van der Waals surface area contributed by atoms with Gasteiger partial charge in [0.1, 0.15) is 11.2 Å². The van der Waals surface area contributed by atoms with Crippen molar-refractivity contribution >= 4 is 19.5 Å². The number of likely N-dealkylation sites (tertiary alicyclic amines) is 1. The Kier molecular flexibility index (Phi) is 10.8. The molecule has 9 heteroatoms. The summed E-state index contributed by atoms with van der Waals surface area (Å²) in [6, 6.07) is 16.5. The molecular formula is C30H43N2O6P. The van der Waals surface area contributed by atoms with Gasteiger partial charge in [-0.3, -0.25) is 9.36 Å². The maximum Gasteiger partial charge on any atom is 0.335 e. The number of urea groups is 1. The summed E-state index contributed by atoms with van der Waals surface area (Å²) in [6.45, 7) is 12.6. The fourth-order valence-corrected chi connectivity index (χ4v) is 6.88. The highest BCUT2D eigenvalue weighted by molar-refractivity contribution is 7.53. The van der Waals surface area contributed by atoms with Gasteiger partial charge in [0, 0.05) is 6.54 Å². The molecule has 0 N–H and O–H groups in total. The van der Waals surface area contributed by atoms with E-state index in [4.69, 9.17) is 13.8 Å². The zero-order valence-electron chi connectivity index (χ0n) is 24.1. The van der Waals surface area contributed by atoms with Crippen LogP contribution in [-0.4, -0.2) is 47.7 Å². The smallest absolute Gasteiger partial charge is 0.335 e. The summed E-state index contributed by atoms with van der Waals surface area (Å²) in [6.07, 6.45) is 1.31. The highest BCUT2D eigenvalue weighted by atomic mass is 31.2. The maximum atomic E-state index is 13.9. The molecule has 3 amide bonds. The topological polar surface area (TPSA) is 85.4 Å². The Morgan fingerprint density at radius 2 is 1.56 bits per heavy atom. The molecule has 0 aromatic heterocycles. The van der Waals surface area contributed by atoms with Crippen molar-refractivity contribution in [1.29, 1.82) is 0 Å². The third kappa shape index (κ3) is 6.56. The van der Waals surface area contributed by atoms with E-state index in [1.165, 1.54) is 4.90 Å². The lowest BCUT2D eigenvalue weighted by Crippen LogP contribution is -2.74. The molecule has 8 nitrogen and oxygen atoms in total. The first-order valence-electron chi connectivity index (χ1n) is 14.0. The fourth-order valence-electron chi connectivity index (χ4n) is 5.18. The molecule has 1 saturated heterocycles. The normalized spacial score (nSPS) is 17.4. The third-order valence-corrected chi connectivity index (χ3v) is 9.53. The Balaban J connectivity index is 1.85. The molecule has 3 rings (SSSR count). The average Bonchev–Trinajstić information content (AvgIpc) is 2.93. The zero-order chi connectivity index (χ0) is 28.6. The minimum Gasteiger partial charge on any atom is -0.469 e. The molecular weight excluding hydrogens is 515 g/mol. The highest BCUT2D eigenvalue weighted by Gasteiger charge is 2.63. The van der Waals surface area contributed by atoms with Crippen LogP contribution >= 0.6 is 7.60 Å². The monoisotopic (exact) mass is 558 g/mol. The van der Waals surface area contributed by atoms with Gasteiger partial charge in [0.05, 0.1) is 25.4 Å². The van der Waals surface area contributed by atoms with E-state index < -0.39 is 19.2 Å². The highest BCUT2D eigenvalue weighted by Crippen LogP contribution is 2.51. The lowest BCUT2D eigenvalue weighted by atomic mass is 9.72. The zero-order valence-corrected chi connectivity index (χ0v) is 25.0. The number of benzene rings is 2. The molecule has 0 unspecified atom stereocenters. The van der Waals surface area contributed by atoms with Gasteiger partial charge in [-0.15, -0.1) is 0 Å². The van der Waals surface area contributed by atoms with Crippen LogP contribution in [0.25, 0.3) is 0 Å². The molecule has 2 aromatic rings. The summed E-state index contributed by atoms with van der Waals surface area (Å²) in [4.78, 5) is 30.5. The summed E-state index contributed by atoms with van der Waals surface area (Å²) in [5.74, 6) is 0.330. The summed E-state index contributed by atoms with van der Waals surface area (Å²) in [5, 5.41) is 0. The lowest BCUT2D eigenvalue weighted by molar-refractivity contribution is -0.192. The van der Waals surface area contributed by atoms with Crippen LogP contribution in [-0.2, 0) is 24.6 Å². The van der Waals surface area contributed by atoms with Gasteiger partial charge >= 0.3 is 13.6 Å². The van der Waals surface area contributed by atoms with Crippen molar-refractivity contribution in [3.05, 3.63) is 65.7 Å². The molecule has 1 heterocycles. The molecule has 1 aliphatic heterocycles. The first-order chi connectivity index (χ1) is 18.7. The van der Waals surface area contributed by atoms with Gasteiger partial charge in [0.2, 0.25) is 5.91 Å². The molecule has 0 radical (unpaired) electrons. The molecule has 0 aliphatic carbocycles. The van der Waals surface area contributed by atoms with Crippen LogP contribution in [0, 0.1) is 5.41 Å². The number of nitrogens with zero attached hydrogens (tertiary/aromatic N) is 2. The molecule has 0 spiro atoms. The van der Waals surface area contributed by atoms with Crippen LogP contribution < -0.4 is 4.74 Å². The van der Waals surface area contributed by atoms with E-state index in [1.54, 1.807) is 30.9 Å². The SMILES string of the molecule is CCCN(C(=O)N1C(=O)C(CC)(CC)[C@@H]1Oc1ccc(CP(=O)(OCC)OCC)cc1)[C@H](C)c1ccccc1. The Hall–Kier alpha value is -2.67. The third-order valence-electron chi connectivity index (χ3n) is 7.48. The van der Waals surface area contributed by atoms with Crippen molar-refractivity contribution in [3.63, 3.8) is 0 Å². The number of amides is 3. The minimum absolute atomic E-state index is 0.151. The second kappa shape index (κ2) is 13.6. The molecule has 1 aliphatic rings. The van der Waals surface area contributed by atoms with Crippen LogP contribution in [0.5, 0.6) is 5.75 Å². The summed E-state index contributed by atoms with van der Waals surface area (Å²) < 4.78 is 30.1. The Bertz CT molecular complexity index is 1130. The van der Waals surface area contributed by atoms with Crippen molar-refractivity contribution < 1.29 is 27.9 Å². The number of hydrogen-bond donors (Lipinski definition) is 0. The average molecular weight is 559 g/mol. The van der Waals surface area contributed by atoms with E-state index in [1.807, 2.05) is 70.2 Å². The van der Waals surface area contributed by atoms with Crippen LogP contribution in [0.1, 0.15) is 78.0 Å². The Labute approximate surface area is 233 Å². The first-order valence-corrected chi connectivity index (χ1v) is 15.8. The number of imide groups is 1. The van der Waals surface area contributed by atoms with Gasteiger partial charge in [-0.1, -0.05) is 63.2 Å². The second-order valence-corrected chi connectivity index (χ2v) is 11.9. The molecule has 0 saturated carbocycles. The van der Waals surface area contributed by atoms with Gasteiger partial charge in [0.25, 0.3) is 0 Å². The Morgan fingerprint density at radius 1 is 0.974 bits per heavy atom. The van der Waals surface area contributed by atoms with Crippen LogP contribution in [0.2, 0.25) is 0 Å². The van der Waals surface area contributed by atoms with Crippen molar-refractivity contribution in [1.82, 2.24) is 9.80 Å². The van der Waals surface area contributed by atoms with Gasteiger partial charge in [0.15, 0.2) is 6.23 Å². The van der Waals surface area contributed by atoms with E-state index in [9.17, 15) is 14.2 Å². The molecule has 1 fully saturated rings. The number of ether oxygens (including phenoxy) is 1. The molecule has 2 aromatic carbocycles. The molecule has 39 heavy (non-hydrogen) atoms. The van der Waals surface area contributed by atoms with Crippen molar-refractivity contribution in [2.75, 3.05) is 19.8 Å². The van der Waals surface area contributed by atoms with Crippen LogP contribution in [0.3, 0.4) is 0 Å². The lowest BCUT2D eigenvalue weighted by Gasteiger charge is -2.54. The predicted octanol–water partition coefficient (Wildman–Crippen LogP) is 7.40. The Morgan fingerprint density at radius 3 is 2.08 bits per heavy atom. The van der Waals surface area contributed by atoms with Gasteiger partial charge in [-0.2, -0.15) is 0 Å². The standard InChI is InChI=1S/C30H43N2O6P/c1-7-21-31(23(6)25-15-13-12-14-16-25)29(34)32-27(33)30(8-2,9-3)28(32)38-26-19-17-24(18-20-26)22-39(35,36-10-4)37-11-5/h12-20,23,28H,7-11,21-22H2,1-6H3/t23-,28+/m1/s1. The van der Waals surface area contributed by atoms with Crippen molar-refractivity contribution in [2.45, 2.75) is 79.2 Å². The van der Waals surface area contributed by atoms with Crippen LogP contribution in [0.4, 0.5) is 4.79 Å².